The largest absolute Gasteiger partial charge is 1.00 e. The molecule has 4 aromatic carbocycles. The molecule has 0 aromatic heterocycles. The van der Waals surface area contributed by atoms with E-state index in [1.54, 1.807) is 41.3 Å². The fourth-order valence-electron chi connectivity index (χ4n) is 12.2. The Kier molecular flexibility index (Phi) is 28.6. The van der Waals surface area contributed by atoms with Crippen LogP contribution in [-0.2, 0) is 19.2 Å². The van der Waals surface area contributed by atoms with Crippen LogP contribution < -0.4 is 24.2 Å². The van der Waals surface area contributed by atoms with Crippen LogP contribution in [0.25, 0.3) is 4.65 Å². The Hall–Kier alpha value is -4.75. The van der Waals surface area contributed by atoms with Crippen LogP contribution in [0.5, 0.6) is 0 Å². The van der Waals surface area contributed by atoms with E-state index in [-0.39, 0.29) is 85.5 Å². The quantitative estimate of drug-likeness (QED) is 0.0576. The molecule has 0 bridgehead atoms. The van der Waals surface area contributed by atoms with Crippen LogP contribution in [0, 0.1) is 37.5 Å². The van der Waals surface area contributed by atoms with E-state index in [2.05, 4.69) is 44.6 Å². The van der Waals surface area contributed by atoms with Gasteiger partial charge >= 0.3 is 18.9 Å². The van der Waals surface area contributed by atoms with Gasteiger partial charge in [-0.05, 0) is 99.7 Å². The zero-order chi connectivity index (χ0) is 58.0. The van der Waals surface area contributed by atoms with E-state index in [1.165, 1.54) is 56.3 Å². The number of hydrogen-bond acceptors (Lipinski definition) is 7. The second-order valence-electron chi connectivity index (χ2n) is 24.9. The number of hydrogen-bond donors (Lipinski definition) is 1. The predicted octanol–water partition coefficient (Wildman–Crippen LogP) is 13.2. The third-order valence-electron chi connectivity index (χ3n) is 16.2. The fourth-order valence-corrected chi connectivity index (χ4v) is 20.4. The van der Waals surface area contributed by atoms with Gasteiger partial charge in [-0.25, -0.2) is 0 Å². The van der Waals surface area contributed by atoms with Crippen LogP contribution in [0.15, 0.2) is 109 Å². The monoisotopic (exact) mass is 1160 g/mol. The SMILES string of the molecule is C.C[Si](C)(C)[N-][Si](C)(C)C.Cc1ccc(C(=O)C[C@H]2CCCCCC[C@H]2C(=O)N2C(=O)[C@@H]3CCCCCC[C@@H]32)cc1.Cc1ccc(C(=O)Cl)cc1.O=C1CC(c2ccccc2)N1C(=O)c1ccccc1.O=C1N[C@H]2CCCCCC[C@@H]12.[Li+]. The number of fused-ring (bicyclic) bond motifs is 2. The summed E-state index contributed by atoms with van der Waals surface area (Å²) in [4.78, 5) is 88.2. The number of carbonyl (C=O) groups is 7. The molecule has 5 amide bonds. The van der Waals surface area contributed by atoms with Crippen molar-refractivity contribution in [2.24, 2.45) is 23.7 Å². The maximum atomic E-state index is 13.7. The Morgan fingerprint density at radius 2 is 1.04 bits per heavy atom. The predicted molar refractivity (Wildman–Crippen MR) is 334 cm³/mol. The number of carbonyl (C=O) groups excluding carboxylic acids is 7. The number of nitrogens with zero attached hydrogens (tertiary/aromatic N) is 3. The molecule has 6 fully saturated rings. The van der Waals surface area contributed by atoms with Crippen LogP contribution in [0.4, 0.5) is 0 Å². The van der Waals surface area contributed by atoms with Gasteiger partial charge < -0.3 is 9.96 Å². The molecule has 82 heavy (non-hydrogen) atoms. The summed E-state index contributed by atoms with van der Waals surface area (Å²) in [5, 5.41) is 2.57. The van der Waals surface area contributed by atoms with Gasteiger partial charge in [-0.3, -0.25) is 43.4 Å². The number of ketones is 1. The number of rotatable bonds is 9. The van der Waals surface area contributed by atoms with E-state index in [1.807, 2.05) is 86.6 Å². The number of halogens is 1. The summed E-state index contributed by atoms with van der Waals surface area (Å²) in [6, 6.07) is 34.0. The van der Waals surface area contributed by atoms with Crippen molar-refractivity contribution in [3.63, 3.8) is 0 Å². The number of Topliss-reactive ketones (excluding diaryl/α,β-unsaturated/α-hetero) is 1. The molecule has 10 rings (SSSR count). The van der Waals surface area contributed by atoms with Gasteiger partial charge in [-0.1, -0.05) is 236 Å². The van der Waals surface area contributed by atoms with Crippen molar-refractivity contribution in [2.75, 3.05) is 0 Å². The Morgan fingerprint density at radius 3 is 1.54 bits per heavy atom. The number of amides is 5. The van der Waals surface area contributed by atoms with E-state index >= 15 is 0 Å². The average molecular weight is 1170 g/mol. The molecule has 6 aliphatic rings. The standard InChI is InChI=1S/C27H37NO3.C16H13NO2.C9H15NO.C8H7ClO.C6H18NSi2.CH4.Li/c1-19-14-16-20(17-15-19)25(29)18-21-10-6-2-3-7-11-22(21)26(30)28-24-13-9-5-4-8-12-23(24)27(28)31;18-15-11-14(12-7-3-1-4-8-12)17(15)16(19)13-9-5-2-6-10-13;11-9-7-5-3-1-2-4-6-8(7)10-9;1-6-2-4-7(5-3-6)8(9)10;1-8(2,3)7-9(4,5)6;;/h14-17,21-24H,2-13,18H2,1H3;1-10,14H,11H2;7-8H,1-6H2,(H,10,11);2-5H,1H3;1-6H3;1H4;/q;;;;-1;;+1/t21-,22-,23-,24+;;7-,8+;;;;/m1.1..../s1. The molecule has 4 aromatic rings. The van der Waals surface area contributed by atoms with Crippen molar-refractivity contribution < 1.29 is 52.4 Å². The van der Waals surface area contributed by atoms with Crippen LogP contribution in [0.2, 0.25) is 39.3 Å². The van der Waals surface area contributed by atoms with E-state index in [0.29, 0.717) is 41.8 Å². The number of nitrogens with one attached hydrogen (secondary N) is 1. The molecule has 1 unspecified atom stereocenters. The van der Waals surface area contributed by atoms with Gasteiger partial charge in [0.05, 0.1) is 30.3 Å². The molecule has 440 valence electrons. The van der Waals surface area contributed by atoms with Crippen LogP contribution in [0.1, 0.15) is 190 Å². The third kappa shape index (κ3) is 21.1. The van der Waals surface area contributed by atoms with E-state index < -0.39 is 21.7 Å². The number of imide groups is 2. The first-order chi connectivity index (χ1) is 38.1. The fraction of sp³-hybridized carbons (Fsp3) is 0.537. The molecule has 3 saturated carbocycles. The van der Waals surface area contributed by atoms with Crippen LogP contribution in [0.3, 0.4) is 0 Å². The van der Waals surface area contributed by atoms with Crippen molar-refractivity contribution in [1.29, 1.82) is 0 Å². The van der Waals surface area contributed by atoms with Gasteiger partial charge in [0.15, 0.2) is 5.78 Å². The Morgan fingerprint density at radius 1 is 0.561 bits per heavy atom. The summed E-state index contributed by atoms with van der Waals surface area (Å²) in [5.41, 5.74) is 5.11. The maximum Gasteiger partial charge on any atom is 1.00 e. The summed E-state index contributed by atoms with van der Waals surface area (Å²) in [6.07, 6.45) is 21.1. The first-order valence-corrected chi connectivity index (χ1v) is 37.1. The second kappa shape index (κ2) is 33.7. The van der Waals surface area contributed by atoms with Gasteiger partial charge in [0.2, 0.25) is 23.6 Å². The van der Waals surface area contributed by atoms with Crippen molar-refractivity contribution in [3.8, 4) is 0 Å². The molecule has 11 nitrogen and oxygen atoms in total. The normalized spacial score (nSPS) is 23.1. The molecule has 3 aliphatic carbocycles. The van der Waals surface area contributed by atoms with Crippen molar-refractivity contribution in [2.45, 2.75) is 207 Å². The molecule has 3 saturated heterocycles. The summed E-state index contributed by atoms with van der Waals surface area (Å²) < 4.78 is 4.82. The molecule has 1 N–H and O–H groups in total. The second-order valence-corrected chi connectivity index (χ2v) is 34.9. The van der Waals surface area contributed by atoms with Crippen LogP contribution >= 0.6 is 11.6 Å². The summed E-state index contributed by atoms with van der Waals surface area (Å²) in [6.45, 7) is 17.8. The first kappa shape index (κ1) is 69.7. The van der Waals surface area contributed by atoms with Gasteiger partial charge in [0, 0.05) is 35.1 Å². The summed E-state index contributed by atoms with van der Waals surface area (Å²) in [5.74, 6) is 0.484. The Balaban J connectivity index is 0.000000241. The molecule has 0 radical (unpaired) electrons. The van der Waals surface area contributed by atoms with E-state index in [0.717, 1.165) is 86.5 Å². The minimum atomic E-state index is -1.11. The Labute approximate surface area is 511 Å². The van der Waals surface area contributed by atoms with Crippen molar-refractivity contribution in [1.82, 2.24) is 15.1 Å². The molecular formula is C67H94ClLiN4O7Si2. The Bertz CT molecular complexity index is 2670. The number of benzene rings is 4. The zero-order valence-electron chi connectivity index (χ0n) is 50.2. The summed E-state index contributed by atoms with van der Waals surface area (Å²) in [7, 11) is -2.21. The van der Waals surface area contributed by atoms with Crippen LogP contribution in [-0.4, -0.2) is 78.9 Å². The van der Waals surface area contributed by atoms with E-state index in [9.17, 15) is 33.6 Å². The maximum absolute atomic E-state index is 13.7. The van der Waals surface area contributed by atoms with Crippen molar-refractivity contribution in [3.05, 3.63) is 147 Å². The number of likely N-dealkylation sites (tertiary alicyclic amines) is 2. The summed E-state index contributed by atoms with van der Waals surface area (Å²) >= 11 is 5.22. The molecule has 0 spiro atoms. The smallest absolute Gasteiger partial charge is 0.668 e. The molecule has 15 heteroatoms. The first-order valence-electron chi connectivity index (χ1n) is 29.9. The zero-order valence-corrected chi connectivity index (χ0v) is 52.9. The minimum Gasteiger partial charge on any atom is -0.668 e. The molecule has 3 heterocycles. The minimum absolute atomic E-state index is 0. The third-order valence-corrected chi connectivity index (χ3v) is 21.7. The average Bonchev–Trinajstić information content (AvgIpc) is 3.60. The van der Waals surface area contributed by atoms with Gasteiger partial charge in [-0.2, -0.15) is 0 Å². The van der Waals surface area contributed by atoms with Gasteiger partial charge in [-0.15, -0.1) is 0 Å². The molecular weight excluding hydrogens is 1070 g/mol. The van der Waals surface area contributed by atoms with Gasteiger partial charge in [0.1, 0.15) is 0 Å². The number of aryl methyl sites for hydroxylation is 2. The topological polar surface area (TPSA) is 152 Å². The number of β-lactam (4-membered cyclic amide) rings is 3. The molecule has 3 aliphatic heterocycles. The van der Waals surface area contributed by atoms with E-state index in [4.69, 9.17) is 16.2 Å². The molecule has 7 atom stereocenters. The van der Waals surface area contributed by atoms with Crippen molar-refractivity contribution >= 4 is 68.6 Å². The van der Waals surface area contributed by atoms with Gasteiger partial charge in [0.25, 0.3) is 11.1 Å².